The zero-order valence-corrected chi connectivity index (χ0v) is 8.08. The average molecular weight is 213 g/mol. The van der Waals surface area contributed by atoms with Crippen LogP contribution in [0.1, 0.15) is 6.42 Å². The van der Waals surface area contributed by atoms with Crippen molar-refractivity contribution in [3.05, 3.63) is 0 Å². The average Bonchev–Trinajstić information content (AvgIpc) is 2.56. The monoisotopic (exact) mass is 212 g/mol. The first-order chi connectivity index (χ1) is 5.56. The molecule has 0 aliphatic heterocycles. The number of amides is 2. The first-order valence-electron chi connectivity index (χ1n) is 3.51. The molecule has 6 heteroatoms. The number of rotatable bonds is 3. The van der Waals surface area contributed by atoms with Crippen LogP contribution in [0.5, 0.6) is 0 Å². The number of urea groups is 1. The van der Waals surface area contributed by atoms with E-state index in [2.05, 4.69) is 15.6 Å². The van der Waals surface area contributed by atoms with Crippen molar-refractivity contribution in [1.82, 2.24) is 10.8 Å². The van der Waals surface area contributed by atoms with Crippen molar-refractivity contribution in [2.45, 2.75) is 10.8 Å². The summed E-state index contributed by atoms with van der Waals surface area (Å²) in [6.07, 6.45) is 0.726. The molecule has 12 heavy (non-hydrogen) atoms. The first kappa shape index (κ1) is 9.89. The molecule has 0 heterocycles. The summed E-state index contributed by atoms with van der Waals surface area (Å²) in [5.41, 5.74) is 2.12. The largest absolute Gasteiger partial charge is 0.338 e. The molecule has 4 nitrogen and oxygen atoms in total. The van der Waals surface area contributed by atoms with Crippen LogP contribution >= 0.6 is 23.2 Å². The van der Waals surface area contributed by atoms with Crippen molar-refractivity contribution in [3.8, 4) is 0 Å². The normalized spacial score (nSPS) is 24.8. The molecule has 1 aliphatic rings. The maximum atomic E-state index is 10.8. The number of carbonyl (C=O) groups is 1. The molecule has 0 aromatic carbocycles. The summed E-state index contributed by atoms with van der Waals surface area (Å²) in [5.74, 6) is 0.156. The van der Waals surface area contributed by atoms with E-state index in [0.29, 0.717) is 6.54 Å². The Labute approximate surface area is 80.5 Å². The van der Waals surface area contributed by atoms with E-state index >= 15 is 0 Å². The molecule has 0 bridgehead atoms. The van der Waals surface area contributed by atoms with E-state index in [1.54, 1.807) is 0 Å². The van der Waals surface area contributed by atoms with Crippen molar-refractivity contribution < 1.29 is 9.63 Å². The van der Waals surface area contributed by atoms with Crippen molar-refractivity contribution in [2.75, 3.05) is 13.7 Å². The summed E-state index contributed by atoms with van der Waals surface area (Å²) in [6.45, 7) is 0.474. The topological polar surface area (TPSA) is 50.4 Å². The van der Waals surface area contributed by atoms with Crippen LogP contribution < -0.4 is 10.8 Å². The Morgan fingerprint density at radius 1 is 1.75 bits per heavy atom. The van der Waals surface area contributed by atoms with Gasteiger partial charge in [0.2, 0.25) is 0 Å². The van der Waals surface area contributed by atoms with Gasteiger partial charge in [-0.1, -0.05) is 0 Å². The molecule has 2 N–H and O–H groups in total. The van der Waals surface area contributed by atoms with Crippen molar-refractivity contribution in [1.29, 1.82) is 0 Å². The summed E-state index contributed by atoms with van der Waals surface area (Å²) in [7, 11) is 1.37. The highest BCUT2D eigenvalue weighted by atomic mass is 35.5. The van der Waals surface area contributed by atoms with Crippen LogP contribution in [0.3, 0.4) is 0 Å². The Morgan fingerprint density at radius 2 is 2.33 bits per heavy atom. The maximum Gasteiger partial charge on any atom is 0.338 e. The molecule has 2 amide bonds. The molecule has 1 unspecified atom stereocenters. The summed E-state index contributed by atoms with van der Waals surface area (Å²) in [4.78, 5) is 15.1. The third-order valence-electron chi connectivity index (χ3n) is 1.66. The Morgan fingerprint density at radius 3 is 2.75 bits per heavy atom. The molecule has 1 aliphatic carbocycles. The Kier molecular flexibility index (Phi) is 3.04. The standard InChI is InChI=1S/C6H10Cl2N2O2/c1-12-10-5(11)9-3-4-2-6(4,7)8/h4H,2-3H2,1H3,(H2,9,10,11). The van der Waals surface area contributed by atoms with Gasteiger partial charge in [0, 0.05) is 12.5 Å². The van der Waals surface area contributed by atoms with Crippen molar-refractivity contribution in [2.24, 2.45) is 5.92 Å². The van der Waals surface area contributed by atoms with Gasteiger partial charge in [0.25, 0.3) is 0 Å². The second kappa shape index (κ2) is 3.68. The quantitative estimate of drug-likeness (QED) is 0.543. The van der Waals surface area contributed by atoms with Crippen LogP contribution in [0.15, 0.2) is 0 Å². The predicted molar refractivity (Wildman–Crippen MR) is 46.1 cm³/mol. The molecule has 0 saturated heterocycles. The van der Waals surface area contributed by atoms with Gasteiger partial charge in [-0.2, -0.15) is 0 Å². The summed E-state index contributed by atoms with van der Waals surface area (Å²) < 4.78 is -0.639. The lowest BCUT2D eigenvalue weighted by Crippen LogP contribution is -2.36. The Hall–Kier alpha value is -0.190. The Balaban J connectivity index is 2.07. The number of hydrogen-bond donors (Lipinski definition) is 2. The van der Waals surface area contributed by atoms with E-state index in [-0.39, 0.29) is 11.9 Å². The first-order valence-corrected chi connectivity index (χ1v) is 4.26. The molecule has 0 aromatic heterocycles. The van der Waals surface area contributed by atoms with Crippen LogP contribution in [-0.2, 0) is 4.84 Å². The van der Waals surface area contributed by atoms with Crippen LogP contribution in [0.4, 0.5) is 4.79 Å². The summed E-state index contributed by atoms with van der Waals surface area (Å²) >= 11 is 11.5. The van der Waals surface area contributed by atoms with Gasteiger partial charge in [-0.3, -0.25) is 4.84 Å². The minimum absolute atomic E-state index is 0.156. The zero-order chi connectivity index (χ0) is 9.19. The van der Waals surface area contributed by atoms with Gasteiger partial charge in [-0.15, -0.1) is 23.2 Å². The smallest absolute Gasteiger partial charge is 0.336 e. The highest BCUT2D eigenvalue weighted by molar-refractivity contribution is 6.50. The van der Waals surface area contributed by atoms with Crippen LogP contribution in [0.2, 0.25) is 0 Å². The van der Waals surface area contributed by atoms with Crippen LogP contribution in [0.25, 0.3) is 0 Å². The lowest BCUT2D eigenvalue weighted by molar-refractivity contribution is 0.107. The van der Waals surface area contributed by atoms with E-state index in [4.69, 9.17) is 23.2 Å². The molecule has 70 valence electrons. The van der Waals surface area contributed by atoms with Gasteiger partial charge in [0.1, 0.15) is 4.33 Å². The molecular weight excluding hydrogens is 203 g/mol. The number of hydroxylamine groups is 1. The predicted octanol–water partition coefficient (Wildman–Crippen LogP) is 1.04. The third-order valence-corrected chi connectivity index (χ3v) is 2.59. The lowest BCUT2D eigenvalue weighted by atomic mass is 10.4. The maximum absolute atomic E-state index is 10.8. The molecular formula is C6H10Cl2N2O2. The molecule has 1 fully saturated rings. The minimum Gasteiger partial charge on any atom is -0.336 e. The van der Waals surface area contributed by atoms with E-state index in [0.717, 1.165) is 6.42 Å². The number of hydrogen-bond acceptors (Lipinski definition) is 2. The van der Waals surface area contributed by atoms with Gasteiger partial charge in [-0.05, 0) is 6.42 Å². The number of carbonyl (C=O) groups excluding carboxylic acids is 1. The van der Waals surface area contributed by atoms with Gasteiger partial charge in [0.05, 0.1) is 7.11 Å². The van der Waals surface area contributed by atoms with E-state index in [1.165, 1.54) is 7.11 Å². The molecule has 0 aromatic rings. The molecule has 1 atom stereocenters. The number of halogens is 2. The second-order valence-electron chi connectivity index (χ2n) is 2.68. The summed E-state index contributed by atoms with van der Waals surface area (Å²) in [5, 5.41) is 2.56. The highest BCUT2D eigenvalue weighted by Crippen LogP contribution is 2.52. The molecule has 1 rings (SSSR count). The Bertz CT molecular complexity index is 186. The number of nitrogens with one attached hydrogen (secondary N) is 2. The molecule has 0 spiro atoms. The SMILES string of the molecule is CONC(=O)NCC1CC1(Cl)Cl. The molecule has 1 saturated carbocycles. The van der Waals surface area contributed by atoms with Crippen LogP contribution in [-0.4, -0.2) is 24.0 Å². The van der Waals surface area contributed by atoms with Gasteiger partial charge >= 0.3 is 6.03 Å². The van der Waals surface area contributed by atoms with Gasteiger partial charge in [-0.25, -0.2) is 10.3 Å². The van der Waals surface area contributed by atoms with E-state index in [1.807, 2.05) is 0 Å². The van der Waals surface area contributed by atoms with E-state index in [9.17, 15) is 4.79 Å². The van der Waals surface area contributed by atoms with Crippen molar-refractivity contribution >= 4 is 29.2 Å². The van der Waals surface area contributed by atoms with E-state index < -0.39 is 4.33 Å². The highest BCUT2D eigenvalue weighted by Gasteiger charge is 2.51. The lowest BCUT2D eigenvalue weighted by Gasteiger charge is -2.04. The second-order valence-corrected chi connectivity index (χ2v) is 4.22. The van der Waals surface area contributed by atoms with Gasteiger partial charge in [0.15, 0.2) is 0 Å². The zero-order valence-electron chi connectivity index (χ0n) is 6.56. The van der Waals surface area contributed by atoms with Crippen molar-refractivity contribution in [3.63, 3.8) is 0 Å². The fourth-order valence-corrected chi connectivity index (χ4v) is 1.36. The fraction of sp³-hybridized carbons (Fsp3) is 0.833. The fourth-order valence-electron chi connectivity index (χ4n) is 0.836. The minimum atomic E-state index is -0.639. The molecule has 0 radical (unpaired) electrons. The van der Waals surface area contributed by atoms with Crippen LogP contribution in [0, 0.1) is 5.92 Å². The van der Waals surface area contributed by atoms with Gasteiger partial charge < -0.3 is 5.32 Å². The third kappa shape index (κ3) is 2.69. The number of alkyl halides is 2. The summed E-state index contributed by atoms with van der Waals surface area (Å²) in [6, 6.07) is -0.381.